The summed E-state index contributed by atoms with van der Waals surface area (Å²) in [6, 6.07) is 10.7. The molecule has 0 saturated heterocycles. The number of terminal acetylenes is 1. The molecule has 0 aliphatic heterocycles. The van der Waals surface area contributed by atoms with Crippen LogP contribution in [0.1, 0.15) is 16.7 Å². The number of phenolic OH excluding ortho intramolecular Hbond substituents is 1. The van der Waals surface area contributed by atoms with Gasteiger partial charge >= 0.3 is 0 Å². The molecule has 0 spiro atoms. The van der Waals surface area contributed by atoms with Gasteiger partial charge in [-0.2, -0.15) is 0 Å². The molecule has 19 heavy (non-hydrogen) atoms. The molecule has 2 aromatic rings. The molecule has 2 rings (SSSR count). The van der Waals surface area contributed by atoms with E-state index in [0.717, 1.165) is 11.3 Å². The molecule has 0 amide bonds. The number of aliphatic imine (C=N–C) groups is 1. The molecule has 0 fully saturated rings. The lowest BCUT2D eigenvalue weighted by molar-refractivity contribution is 0.470. The lowest BCUT2D eigenvalue weighted by atomic mass is 10.1. The predicted molar refractivity (Wildman–Crippen MR) is 79.5 cm³/mol. The Morgan fingerprint density at radius 1 is 1.32 bits per heavy atom. The molecule has 94 valence electrons. The average Bonchev–Trinajstić information content (AvgIpc) is 2.41. The maximum absolute atomic E-state index is 9.92. The number of aryl methyl sites for hydroxylation is 1. The molecule has 0 aliphatic rings. The van der Waals surface area contributed by atoms with Gasteiger partial charge in [0, 0.05) is 22.4 Å². The van der Waals surface area contributed by atoms with Crippen molar-refractivity contribution in [1.82, 2.24) is 0 Å². The fraction of sp³-hybridized carbons (Fsp3) is 0.0625. The Bertz CT molecular complexity index is 684. The topological polar surface area (TPSA) is 32.6 Å². The highest BCUT2D eigenvalue weighted by molar-refractivity contribution is 6.31. The van der Waals surface area contributed by atoms with E-state index < -0.39 is 0 Å². The number of hydrogen-bond donors (Lipinski definition) is 1. The summed E-state index contributed by atoms with van der Waals surface area (Å²) in [4.78, 5) is 4.29. The summed E-state index contributed by atoms with van der Waals surface area (Å²) in [5.74, 6) is 2.73. The third kappa shape index (κ3) is 3.15. The molecular weight excluding hydrogens is 258 g/mol. The first-order valence-corrected chi connectivity index (χ1v) is 6.08. The first-order valence-electron chi connectivity index (χ1n) is 5.70. The van der Waals surface area contributed by atoms with E-state index in [1.807, 2.05) is 18.2 Å². The van der Waals surface area contributed by atoms with Crippen molar-refractivity contribution in [2.75, 3.05) is 0 Å². The van der Waals surface area contributed by atoms with Gasteiger partial charge in [-0.25, -0.2) is 0 Å². The Kier molecular flexibility index (Phi) is 3.89. The smallest absolute Gasteiger partial charge is 0.127 e. The van der Waals surface area contributed by atoms with Gasteiger partial charge in [0.15, 0.2) is 0 Å². The second-order valence-electron chi connectivity index (χ2n) is 4.11. The predicted octanol–water partition coefficient (Wildman–Crippen LogP) is 4.09. The number of phenols is 1. The van der Waals surface area contributed by atoms with Crippen molar-refractivity contribution in [3.8, 4) is 18.1 Å². The molecule has 2 aromatic carbocycles. The molecular formula is C16H12ClNO. The van der Waals surface area contributed by atoms with Gasteiger partial charge in [-0.15, -0.1) is 6.42 Å². The quantitative estimate of drug-likeness (QED) is 0.646. The molecule has 1 N–H and O–H groups in total. The summed E-state index contributed by atoms with van der Waals surface area (Å²) in [5.41, 5.74) is 2.79. The van der Waals surface area contributed by atoms with Crippen LogP contribution in [0.3, 0.4) is 0 Å². The van der Waals surface area contributed by atoms with Crippen molar-refractivity contribution in [2.45, 2.75) is 6.92 Å². The molecule has 3 heteroatoms. The second-order valence-corrected chi connectivity index (χ2v) is 4.55. The highest BCUT2D eigenvalue weighted by Crippen LogP contribution is 2.25. The van der Waals surface area contributed by atoms with Gasteiger partial charge in [0.2, 0.25) is 0 Å². The van der Waals surface area contributed by atoms with Crippen molar-refractivity contribution >= 4 is 23.5 Å². The first-order chi connectivity index (χ1) is 9.10. The van der Waals surface area contributed by atoms with Crippen molar-refractivity contribution in [1.29, 1.82) is 0 Å². The van der Waals surface area contributed by atoms with E-state index in [0.29, 0.717) is 16.1 Å². The number of hydrogen-bond acceptors (Lipinski definition) is 2. The van der Waals surface area contributed by atoms with E-state index in [-0.39, 0.29) is 5.75 Å². The molecule has 0 aromatic heterocycles. The summed E-state index contributed by atoms with van der Waals surface area (Å²) in [5, 5.41) is 10.5. The summed E-state index contributed by atoms with van der Waals surface area (Å²) in [6.45, 7) is 1.79. The molecule has 0 aliphatic carbocycles. The zero-order valence-corrected chi connectivity index (χ0v) is 11.1. The van der Waals surface area contributed by atoms with Gasteiger partial charge in [0.25, 0.3) is 0 Å². The SMILES string of the molecule is C#Cc1cccc(N=Cc2cc(Cl)cc(C)c2O)c1. The van der Waals surface area contributed by atoms with Gasteiger partial charge < -0.3 is 5.11 Å². The number of halogens is 1. The van der Waals surface area contributed by atoms with Crippen LogP contribution in [0.15, 0.2) is 41.4 Å². The Labute approximate surface area is 117 Å². The fourth-order valence-electron chi connectivity index (χ4n) is 1.68. The fourth-order valence-corrected chi connectivity index (χ4v) is 1.96. The summed E-state index contributed by atoms with van der Waals surface area (Å²) < 4.78 is 0. The lowest BCUT2D eigenvalue weighted by Crippen LogP contribution is -1.86. The van der Waals surface area contributed by atoms with Crippen molar-refractivity contribution in [3.05, 3.63) is 58.1 Å². The highest BCUT2D eigenvalue weighted by atomic mass is 35.5. The summed E-state index contributed by atoms with van der Waals surface area (Å²) in [7, 11) is 0. The minimum atomic E-state index is 0.182. The van der Waals surface area contributed by atoms with E-state index in [4.69, 9.17) is 18.0 Å². The zero-order valence-electron chi connectivity index (χ0n) is 10.4. The van der Waals surface area contributed by atoms with E-state index in [1.54, 1.807) is 31.3 Å². The third-order valence-electron chi connectivity index (χ3n) is 2.66. The van der Waals surface area contributed by atoms with Gasteiger partial charge in [-0.3, -0.25) is 4.99 Å². The van der Waals surface area contributed by atoms with Gasteiger partial charge in [-0.05, 0) is 42.8 Å². The normalized spacial score (nSPS) is 10.6. The molecule has 0 unspecified atom stereocenters. The summed E-state index contributed by atoms with van der Waals surface area (Å²) >= 11 is 5.95. The van der Waals surface area contributed by atoms with Crippen molar-refractivity contribution in [2.24, 2.45) is 4.99 Å². The van der Waals surface area contributed by atoms with Gasteiger partial charge in [0.1, 0.15) is 5.75 Å². The van der Waals surface area contributed by atoms with E-state index in [2.05, 4.69) is 10.9 Å². The number of nitrogens with zero attached hydrogens (tertiary/aromatic N) is 1. The van der Waals surface area contributed by atoms with Crippen LogP contribution in [-0.2, 0) is 0 Å². The monoisotopic (exact) mass is 269 g/mol. The lowest BCUT2D eigenvalue weighted by Gasteiger charge is -2.03. The second kappa shape index (κ2) is 5.60. The van der Waals surface area contributed by atoms with Crippen LogP contribution in [0.5, 0.6) is 5.75 Å². The number of aromatic hydroxyl groups is 1. The number of rotatable bonds is 2. The van der Waals surface area contributed by atoms with Crippen LogP contribution in [-0.4, -0.2) is 11.3 Å². The minimum absolute atomic E-state index is 0.182. The Morgan fingerprint density at radius 3 is 2.84 bits per heavy atom. The van der Waals surface area contributed by atoms with Crippen molar-refractivity contribution < 1.29 is 5.11 Å². The van der Waals surface area contributed by atoms with Crippen LogP contribution in [0, 0.1) is 19.3 Å². The minimum Gasteiger partial charge on any atom is -0.507 e. The third-order valence-corrected chi connectivity index (χ3v) is 2.88. The van der Waals surface area contributed by atoms with Crippen molar-refractivity contribution in [3.63, 3.8) is 0 Å². The zero-order chi connectivity index (χ0) is 13.8. The number of benzene rings is 2. The van der Waals surface area contributed by atoms with E-state index >= 15 is 0 Å². The van der Waals surface area contributed by atoms with Crippen LogP contribution in [0.4, 0.5) is 5.69 Å². The average molecular weight is 270 g/mol. The van der Waals surface area contributed by atoms with Gasteiger partial charge in [0.05, 0.1) is 5.69 Å². The maximum Gasteiger partial charge on any atom is 0.127 e. The maximum atomic E-state index is 9.92. The van der Waals surface area contributed by atoms with Crippen LogP contribution in [0.2, 0.25) is 5.02 Å². The van der Waals surface area contributed by atoms with E-state index in [9.17, 15) is 5.11 Å². The summed E-state index contributed by atoms with van der Waals surface area (Å²) in [6.07, 6.45) is 6.90. The molecule has 0 saturated carbocycles. The van der Waals surface area contributed by atoms with E-state index in [1.165, 1.54) is 0 Å². The Morgan fingerprint density at radius 2 is 2.11 bits per heavy atom. The van der Waals surface area contributed by atoms with Crippen LogP contribution in [0.25, 0.3) is 0 Å². The Balaban J connectivity index is 2.35. The standard InChI is InChI=1S/C16H12ClNO/c1-3-12-5-4-6-15(8-12)18-10-13-9-14(17)7-11(2)16(13)19/h1,4-10,19H,2H3. The molecule has 2 nitrogen and oxygen atoms in total. The molecule has 0 atom stereocenters. The first kappa shape index (κ1) is 13.2. The Hall–Kier alpha value is -2.24. The molecule has 0 bridgehead atoms. The molecule has 0 heterocycles. The molecule has 0 radical (unpaired) electrons. The van der Waals surface area contributed by atoms with Crippen LogP contribution < -0.4 is 0 Å². The van der Waals surface area contributed by atoms with Crippen LogP contribution >= 0.6 is 11.6 Å². The van der Waals surface area contributed by atoms with Gasteiger partial charge in [-0.1, -0.05) is 23.6 Å². The highest BCUT2D eigenvalue weighted by Gasteiger charge is 2.04. The largest absolute Gasteiger partial charge is 0.507 e.